The van der Waals surface area contributed by atoms with Crippen molar-refractivity contribution in [3.05, 3.63) is 36.8 Å². The highest BCUT2D eigenvalue weighted by Crippen LogP contribution is 2.35. The SMILES string of the molecule is NCC1CN(c2ncnc3[nH]cc(-c4cccc(S(=O)(=O)N5CCOCC5)c4)c23)CCO1. The maximum atomic E-state index is 13.2. The van der Waals surface area contributed by atoms with Crippen LogP contribution in [-0.2, 0) is 19.5 Å². The number of ether oxygens (including phenoxy) is 2. The Labute approximate surface area is 186 Å². The molecule has 0 bridgehead atoms. The summed E-state index contributed by atoms with van der Waals surface area (Å²) in [6, 6.07) is 7.02. The lowest BCUT2D eigenvalue weighted by molar-refractivity contribution is 0.0464. The van der Waals surface area contributed by atoms with Crippen LogP contribution in [0.3, 0.4) is 0 Å². The minimum Gasteiger partial charge on any atom is -0.379 e. The molecule has 0 aliphatic carbocycles. The van der Waals surface area contributed by atoms with E-state index in [2.05, 4.69) is 19.9 Å². The van der Waals surface area contributed by atoms with Crippen LogP contribution in [0.25, 0.3) is 22.2 Å². The molecule has 2 fully saturated rings. The van der Waals surface area contributed by atoms with Gasteiger partial charge in [-0.1, -0.05) is 12.1 Å². The van der Waals surface area contributed by atoms with E-state index in [4.69, 9.17) is 15.2 Å². The Bertz CT molecular complexity index is 1210. The van der Waals surface area contributed by atoms with Gasteiger partial charge in [-0.15, -0.1) is 0 Å². The zero-order valence-corrected chi connectivity index (χ0v) is 18.4. The second-order valence-corrected chi connectivity index (χ2v) is 9.78. The minimum absolute atomic E-state index is 0.0573. The average Bonchev–Trinajstić information content (AvgIpc) is 3.29. The van der Waals surface area contributed by atoms with Gasteiger partial charge in [0.05, 0.1) is 36.2 Å². The topological polar surface area (TPSA) is 127 Å². The number of aromatic nitrogens is 3. The molecular formula is C21H26N6O4S. The van der Waals surface area contributed by atoms with E-state index in [-0.39, 0.29) is 11.0 Å². The molecule has 170 valence electrons. The summed E-state index contributed by atoms with van der Waals surface area (Å²) in [5, 5.41) is 0.853. The Balaban J connectivity index is 1.55. The largest absolute Gasteiger partial charge is 0.379 e. The molecule has 2 aliphatic heterocycles. The molecule has 10 nitrogen and oxygen atoms in total. The summed E-state index contributed by atoms with van der Waals surface area (Å²) >= 11 is 0. The molecule has 2 aromatic heterocycles. The van der Waals surface area contributed by atoms with Gasteiger partial charge in [0.1, 0.15) is 17.8 Å². The fourth-order valence-electron chi connectivity index (χ4n) is 4.23. The quantitative estimate of drug-likeness (QED) is 0.575. The van der Waals surface area contributed by atoms with Gasteiger partial charge in [0.2, 0.25) is 10.0 Å². The first-order chi connectivity index (χ1) is 15.6. The van der Waals surface area contributed by atoms with Crippen molar-refractivity contribution in [2.24, 2.45) is 5.73 Å². The van der Waals surface area contributed by atoms with Crippen molar-refractivity contribution in [3.8, 4) is 11.1 Å². The third kappa shape index (κ3) is 3.86. The van der Waals surface area contributed by atoms with E-state index in [1.165, 1.54) is 10.6 Å². The van der Waals surface area contributed by atoms with Gasteiger partial charge in [0, 0.05) is 44.5 Å². The van der Waals surface area contributed by atoms with Gasteiger partial charge in [0.15, 0.2) is 0 Å². The number of rotatable bonds is 5. The summed E-state index contributed by atoms with van der Waals surface area (Å²) in [6.07, 6.45) is 3.33. The van der Waals surface area contributed by atoms with E-state index in [0.29, 0.717) is 58.2 Å². The van der Waals surface area contributed by atoms with Crippen molar-refractivity contribution in [3.63, 3.8) is 0 Å². The zero-order chi connectivity index (χ0) is 22.1. The van der Waals surface area contributed by atoms with Crippen LogP contribution in [-0.4, -0.2) is 86.3 Å². The number of benzene rings is 1. The summed E-state index contributed by atoms with van der Waals surface area (Å²) in [6.45, 7) is 3.87. The molecule has 0 saturated carbocycles. The lowest BCUT2D eigenvalue weighted by atomic mass is 10.1. The maximum Gasteiger partial charge on any atom is 0.243 e. The third-order valence-corrected chi connectivity index (χ3v) is 7.80. The first-order valence-electron chi connectivity index (χ1n) is 10.6. The molecule has 2 saturated heterocycles. The molecule has 1 atom stereocenters. The molecule has 3 N–H and O–H groups in total. The molecule has 1 unspecified atom stereocenters. The van der Waals surface area contributed by atoms with Crippen LogP contribution in [0.4, 0.5) is 5.82 Å². The van der Waals surface area contributed by atoms with Gasteiger partial charge in [-0.25, -0.2) is 18.4 Å². The fraction of sp³-hybridized carbons (Fsp3) is 0.429. The standard InChI is InChI=1S/C21H26N6O4S/c22-11-16-13-26(4-9-31-16)21-19-18(12-23-20(19)24-14-25-21)15-2-1-3-17(10-15)32(28,29)27-5-7-30-8-6-27/h1-3,10,12,14,16H,4-9,11,13,22H2,(H,23,24,25). The number of anilines is 1. The molecule has 3 aromatic rings. The predicted molar refractivity (Wildman–Crippen MR) is 120 cm³/mol. The van der Waals surface area contributed by atoms with Gasteiger partial charge < -0.3 is 25.1 Å². The molecule has 2 aliphatic rings. The number of morpholine rings is 2. The van der Waals surface area contributed by atoms with Crippen molar-refractivity contribution in [2.75, 3.05) is 57.4 Å². The number of hydrogen-bond donors (Lipinski definition) is 2. The number of aromatic amines is 1. The van der Waals surface area contributed by atoms with Crippen LogP contribution < -0.4 is 10.6 Å². The van der Waals surface area contributed by atoms with Crippen LogP contribution in [0.2, 0.25) is 0 Å². The number of hydrogen-bond acceptors (Lipinski definition) is 8. The molecule has 0 spiro atoms. The minimum atomic E-state index is -3.60. The maximum absolute atomic E-state index is 13.2. The Morgan fingerprint density at radius 1 is 1.16 bits per heavy atom. The second-order valence-electron chi connectivity index (χ2n) is 7.84. The highest BCUT2D eigenvalue weighted by Gasteiger charge is 2.28. The van der Waals surface area contributed by atoms with Crippen molar-refractivity contribution < 1.29 is 17.9 Å². The lowest BCUT2D eigenvalue weighted by Gasteiger charge is -2.33. The Morgan fingerprint density at radius 2 is 2.00 bits per heavy atom. The van der Waals surface area contributed by atoms with E-state index in [1.807, 2.05) is 12.3 Å². The molecule has 1 aromatic carbocycles. The molecule has 11 heteroatoms. The Hall–Kier alpha value is -2.57. The Morgan fingerprint density at radius 3 is 2.81 bits per heavy atom. The summed E-state index contributed by atoms with van der Waals surface area (Å²) in [4.78, 5) is 14.6. The average molecular weight is 459 g/mol. The lowest BCUT2D eigenvalue weighted by Crippen LogP contribution is -2.46. The Kier molecular flexibility index (Phi) is 5.82. The monoisotopic (exact) mass is 458 g/mol. The molecule has 4 heterocycles. The van der Waals surface area contributed by atoms with Crippen molar-refractivity contribution in [2.45, 2.75) is 11.0 Å². The van der Waals surface area contributed by atoms with Crippen LogP contribution in [0.15, 0.2) is 41.7 Å². The van der Waals surface area contributed by atoms with Gasteiger partial charge in [-0.3, -0.25) is 0 Å². The normalized spacial score (nSPS) is 20.7. The van der Waals surface area contributed by atoms with Crippen LogP contribution >= 0.6 is 0 Å². The molecular weight excluding hydrogens is 432 g/mol. The van der Waals surface area contributed by atoms with Crippen molar-refractivity contribution in [1.82, 2.24) is 19.3 Å². The summed E-state index contributed by atoms with van der Waals surface area (Å²) in [5.74, 6) is 0.787. The number of nitrogens with zero attached hydrogens (tertiary/aromatic N) is 4. The van der Waals surface area contributed by atoms with E-state index in [9.17, 15) is 8.42 Å². The second kappa shape index (κ2) is 8.75. The number of H-pyrrole nitrogens is 1. The highest BCUT2D eigenvalue weighted by molar-refractivity contribution is 7.89. The van der Waals surface area contributed by atoms with Crippen LogP contribution in [0.5, 0.6) is 0 Å². The van der Waals surface area contributed by atoms with Crippen LogP contribution in [0.1, 0.15) is 0 Å². The van der Waals surface area contributed by atoms with E-state index < -0.39 is 10.0 Å². The van der Waals surface area contributed by atoms with Crippen molar-refractivity contribution in [1.29, 1.82) is 0 Å². The van der Waals surface area contributed by atoms with Gasteiger partial charge in [0.25, 0.3) is 0 Å². The molecule has 0 radical (unpaired) electrons. The first kappa shape index (κ1) is 21.3. The number of nitrogens with one attached hydrogen (secondary N) is 1. The van der Waals surface area contributed by atoms with Gasteiger partial charge >= 0.3 is 0 Å². The van der Waals surface area contributed by atoms with E-state index >= 15 is 0 Å². The number of sulfonamides is 1. The van der Waals surface area contributed by atoms with Gasteiger partial charge in [-0.2, -0.15) is 4.31 Å². The number of nitrogens with two attached hydrogens (primary N) is 1. The highest BCUT2D eigenvalue weighted by atomic mass is 32.2. The summed E-state index contributed by atoms with van der Waals surface area (Å²) in [7, 11) is -3.60. The first-order valence-corrected chi connectivity index (χ1v) is 12.1. The molecule has 32 heavy (non-hydrogen) atoms. The van der Waals surface area contributed by atoms with Gasteiger partial charge in [-0.05, 0) is 17.7 Å². The number of fused-ring (bicyclic) bond motifs is 1. The molecule has 0 amide bonds. The summed E-state index contributed by atoms with van der Waals surface area (Å²) < 4.78 is 38.8. The van der Waals surface area contributed by atoms with E-state index in [1.54, 1.807) is 18.2 Å². The summed E-state index contributed by atoms with van der Waals surface area (Å²) in [5.41, 5.74) is 8.15. The van der Waals surface area contributed by atoms with E-state index in [0.717, 1.165) is 22.3 Å². The van der Waals surface area contributed by atoms with Crippen LogP contribution in [0, 0.1) is 0 Å². The predicted octanol–water partition coefficient (Wildman–Crippen LogP) is 0.810. The van der Waals surface area contributed by atoms with Crippen molar-refractivity contribution >= 4 is 26.9 Å². The zero-order valence-electron chi connectivity index (χ0n) is 17.6. The fourth-order valence-corrected chi connectivity index (χ4v) is 5.68. The smallest absolute Gasteiger partial charge is 0.243 e. The molecule has 5 rings (SSSR count). The third-order valence-electron chi connectivity index (χ3n) is 5.90.